The van der Waals surface area contributed by atoms with Gasteiger partial charge in [-0.15, -0.1) is 0 Å². The Morgan fingerprint density at radius 2 is 1.87 bits per heavy atom. The fraction of sp³-hybridized carbons (Fsp3) is 0.769. The maximum atomic E-state index is 4.56. The molecule has 15 heavy (non-hydrogen) atoms. The van der Waals surface area contributed by atoms with E-state index in [0.29, 0.717) is 0 Å². The Hall–Kier alpha value is -0.790. The topological polar surface area (TPSA) is 17.8 Å². The van der Waals surface area contributed by atoms with E-state index in [1.165, 1.54) is 44.2 Å². The summed E-state index contributed by atoms with van der Waals surface area (Å²) in [5, 5.41) is 4.56. The van der Waals surface area contributed by atoms with Crippen molar-refractivity contribution in [1.82, 2.24) is 9.78 Å². The number of aromatic nitrogens is 2. The second kappa shape index (κ2) is 7.49. The second-order valence-corrected chi connectivity index (χ2v) is 4.23. The number of aryl methyl sites for hydroxylation is 2. The summed E-state index contributed by atoms with van der Waals surface area (Å²) in [6.45, 7) is 5.56. The summed E-state index contributed by atoms with van der Waals surface area (Å²) < 4.78 is 2.10. The number of rotatable bonds is 8. The van der Waals surface area contributed by atoms with Crippen molar-refractivity contribution in [2.24, 2.45) is 0 Å². The number of nitrogens with zero attached hydrogens (tertiary/aromatic N) is 2. The quantitative estimate of drug-likeness (QED) is 0.594. The summed E-state index contributed by atoms with van der Waals surface area (Å²) in [6, 6.07) is 2.16. The van der Waals surface area contributed by atoms with E-state index in [1.807, 2.05) is 0 Å². The van der Waals surface area contributed by atoms with Crippen molar-refractivity contribution in [3.63, 3.8) is 0 Å². The summed E-state index contributed by atoms with van der Waals surface area (Å²) in [5.41, 5.74) is 1.26. The molecule has 2 heteroatoms. The third kappa shape index (κ3) is 5.01. The number of hydrogen-bond acceptors (Lipinski definition) is 1. The number of hydrogen-bond donors (Lipinski definition) is 0. The molecule has 2 nitrogen and oxygen atoms in total. The molecule has 0 aliphatic heterocycles. The van der Waals surface area contributed by atoms with Crippen molar-refractivity contribution in [2.75, 3.05) is 0 Å². The first-order valence-electron chi connectivity index (χ1n) is 6.39. The van der Waals surface area contributed by atoms with Gasteiger partial charge >= 0.3 is 0 Å². The SMILES string of the molecule is CCCCCCn1ccc(CCCC)n1. The Morgan fingerprint density at radius 3 is 2.60 bits per heavy atom. The Balaban J connectivity index is 2.20. The van der Waals surface area contributed by atoms with E-state index in [1.54, 1.807) is 0 Å². The monoisotopic (exact) mass is 208 g/mol. The minimum atomic E-state index is 1.09. The molecule has 0 saturated heterocycles. The first-order chi connectivity index (χ1) is 7.36. The highest BCUT2D eigenvalue weighted by Crippen LogP contribution is 2.04. The maximum absolute atomic E-state index is 4.56. The van der Waals surface area contributed by atoms with Crippen LogP contribution in [0.15, 0.2) is 12.3 Å². The highest BCUT2D eigenvalue weighted by Gasteiger charge is 1.98. The summed E-state index contributed by atoms with van der Waals surface area (Å²) in [7, 11) is 0. The molecule has 0 atom stereocenters. The van der Waals surface area contributed by atoms with Crippen molar-refractivity contribution >= 4 is 0 Å². The van der Waals surface area contributed by atoms with E-state index < -0.39 is 0 Å². The van der Waals surface area contributed by atoms with Gasteiger partial charge in [-0.1, -0.05) is 39.5 Å². The van der Waals surface area contributed by atoms with Crippen molar-refractivity contribution in [3.05, 3.63) is 18.0 Å². The molecule has 0 radical (unpaired) electrons. The van der Waals surface area contributed by atoms with Crippen molar-refractivity contribution in [1.29, 1.82) is 0 Å². The maximum Gasteiger partial charge on any atom is 0.0624 e. The minimum absolute atomic E-state index is 1.09. The lowest BCUT2D eigenvalue weighted by atomic mass is 10.2. The molecule has 0 spiro atoms. The largest absolute Gasteiger partial charge is 0.272 e. The molecule has 1 aromatic rings. The molecule has 0 bridgehead atoms. The molecule has 0 saturated carbocycles. The van der Waals surface area contributed by atoms with Crippen LogP contribution in [0.2, 0.25) is 0 Å². The first kappa shape index (κ1) is 12.3. The predicted molar refractivity (Wildman–Crippen MR) is 65.0 cm³/mol. The van der Waals surface area contributed by atoms with Gasteiger partial charge in [0.2, 0.25) is 0 Å². The standard InChI is InChI=1S/C13H24N2/c1-3-5-7-8-11-15-12-10-13(14-15)9-6-4-2/h10,12H,3-9,11H2,1-2H3. The van der Waals surface area contributed by atoms with Gasteiger partial charge in [0.15, 0.2) is 0 Å². The molecule has 0 aliphatic carbocycles. The fourth-order valence-electron chi connectivity index (χ4n) is 1.72. The predicted octanol–water partition coefficient (Wildman–Crippen LogP) is 3.81. The first-order valence-corrected chi connectivity index (χ1v) is 6.39. The summed E-state index contributed by atoms with van der Waals surface area (Å²) in [4.78, 5) is 0. The molecule has 86 valence electrons. The van der Waals surface area contributed by atoms with Crippen molar-refractivity contribution in [3.8, 4) is 0 Å². The van der Waals surface area contributed by atoms with Crippen LogP contribution in [-0.4, -0.2) is 9.78 Å². The molecule has 1 rings (SSSR count). The molecular weight excluding hydrogens is 184 g/mol. The zero-order valence-corrected chi connectivity index (χ0v) is 10.2. The van der Waals surface area contributed by atoms with Crippen LogP contribution in [0.3, 0.4) is 0 Å². The van der Waals surface area contributed by atoms with Gasteiger partial charge in [0.05, 0.1) is 5.69 Å². The van der Waals surface area contributed by atoms with Gasteiger partial charge in [0.1, 0.15) is 0 Å². The van der Waals surface area contributed by atoms with Crippen LogP contribution in [0.4, 0.5) is 0 Å². The molecule has 0 aliphatic rings. The summed E-state index contributed by atoms with van der Waals surface area (Å²) in [6.07, 6.45) is 11.0. The smallest absolute Gasteiger partial charge is 0.0624 e. The van der Waals surface area contributed by atoms with Gasteiger partial charge in [-0.25, -0.2) is 0 Å². The van der Waals surface area contributed by atoms with E-state index >= 15 is 0 Å². The third-order valence-corrected chi connectivity index (χ3v) is 2.72. The molecule has 1 aromatic heterocycles. The van der Waals surface area contributed by atoms with Crippen LogP contribution in [0.25, 0.3) is 0 Å². The molecule has 0 amide bonds. The number of unbranched alkanes of at least 4 members (excludes halogenated alkanes) is 4. The van der Waals surface area contributed by atoms with E-state index in [2.05, 4.69) is 35.9 Å². The average molecular weight is 208 g/mol. The Labute approximate surface area is 93.7 Å². The van der Waals surface area contributed by atoms with Crippen LogP contribution >= 0.6 is 0 Å². The zero-order chi connectivity index (χ0) is 10.9. The zero-order valence-electron chi connectivity index (χ0n) is 10.2. The fourth-order valence-corrected chi connectivity index (χ4v) is 1.72. The summed E-state index contributed by atoms with van der Waals surface area (Å²) in [5.74, 6) is 0. The van der Waals surface area contributed by atoms with Crippen molar-refractivity contribution < 1.29 is 0 Å². The Morgan fingerprint density at radius 1 is 1.07 bits per heavy atom. The Bertz CT molecular complexity index is 253. The molecule has 0 unspecified atom stereocenters. The molecule has 1 heterocycles. The minimum Gasteiger partial charge on any atom is -0.272 e. The molecular formula is C13H24N2. The van der Waals surface area contributed by atoms with Gasteiger partial charge in [-0.3, -0.25) is 4.68 Å². The van der Waals surface area contributed by atoms with E-state index in [9.17, 15) is 0 Å². The molecule has 0 fully saturated rings. The lowest BCUT2D eigenvalue weighted by molar-refractivity contribution is 0.535. The van der Waals surface area contributed by atoms with Crippen LogP contribution in [0.5, 0.6) is 0 Å². The second-order valence-electron chi connectivity index (χ2n) is 4.23. The summed E-state index contributed by atoms with van der Waals surface area (Å²) >= 11 is 0. The van der Waals surface area contributed by atoms with E-state index in [4.69, 9.17) is 0 Å². The van der Waals surface area contributed by atoms with Gasteiger partial charge < -0.3 is 0 Å². The molecule has 0 N–H and O–H groups in total. The molecule has 0 aromatic carbocycles. The van der Waals surface area contributed by atoms with Gasteiger partial charge in [0, 0.05) is 12.7 Å². The third-order valence-electron chi connectivity index (χ3n) is 2.72. The van der Waals surface area contributed by atoms with Gasteiger partial charge in [-0.05, 0) is 25.3 Å². The van der Waals surface area contributed by atoms with Crippen molar-refractivity contribution in [2.45, 2.75) is 65.3 Å². The van der Waals surface area contributed by atoms with E-state index in [0.717, 1.165) is 13.0 Å². The van der Waals surface area contributed by atoms with Crippen LogP contribution < -0.4 is 0 Å². The lowest BCUT2D eigenvalue weighted by Crippen LogP contribution is -1.99. The normalized spacial score (nSPS) is 10.8. The van der Waals surface area contributed by atoms with Gasteiger partial charge in [-0.2, -0.15) is 5.10 Å². The van der Waals surface area contributed by atoms with Crippen LogP contribution in [0.1, 0.15) is 58.1 Å². The highest BCUT2D eigenvalue weighted by molar-refractivity contribution is 4.98. The van der Waals surface area contributed by atoms with Gasteiger partial charge in [0.25, 0.3) is 0 Å². The average Bonchev–Trinajstić information content (AvgIpc) is 2.69. The van der Waals surface area contributed by atoms with Crippen LogP contribution in [0, 0.1) is 0 Å². The highest BCUT2D eigenvalue weighted by atomic mass is 15.3. The lowest BCUT2D eigenvalue weighted by Gasteiger charge is -2.00. The Kier molecular flexibility index (Phi) is 6.14. The van der Waals surface area contributed by atoms with E-state index in [-0.39, 0.29) is 0 Å². The van der Waals surface area contributed by atoms with Crippen LogP contribution in [-0.2, 0) is 13.0 Å².